The van der Waals surface area contributed by atoms with Crippen LogP contribution in [0.4, 0.5) is 17.3 Å². The van der Waals surface area contributed by atoms with Crippen molar-refractivity contribution in [3.8, 4) is 0 Å². The number of halogens is 1. The van der Waals surface area contributed by atoms with E-state index in [1.165, 1.54) is 30.0 Å². The summed E-state index contributed by atoms with van der Waals surface area (Å²) in [6.45, 7) is 7.89. The maximum Gasteiger partial charge on any atom is 0.270 e. The molecular weight excluding hydrogens is 462 g/mol. The maximum atomic E-state index is 12.7. The van der Waals surface area contributed by atoms with Gasteiger partial charge in [0.05, 0.1) is 16.6 Å². The molecule has 0 spiro atoms. The zero-order valence-corrected chi connectivity index (χ0v) is 19.4. The Balaban J connectivity index is 1.39. The van der Waals surface area contributed by atoms with Crippen LogP contribution >= 0.6 is 22.9 Å². The van der Waals surface area contributed by atoms with E-state index in [-0.39, 0.29) is 17.6 Å². The van der Waals surface area contributed by atoms with Crippen molar-refractivity contribution < 1.29 is 9.32 Å². The van der Waals surface area contributed by atoms with Crippen LogP contribution in [0.5, 0.6) is 0 Å². The molecule has 11 heteroatoms. The molecule has 33 heavy (non-hydrogen) atoms. The van der Waals surface area contributed by atoms with E-state index in [1.54, 1.807) is 12.3 Å². The predicted molar refractivity (Wildman–Crippen MR) is 129 cm³/mol. The van der Waals surface area contributed by atoms with E-state index in [2.05, 4.69) is 42.6 Å². The minimum Gasteiger partial charge on any atom is -0.363 e. The number of rotatable bonds is 8. The third-order valence-electron chi connectivity index (χ3n) is 4.59. The van der Waals surface area contributed by atoms with Crippen LogP contribution in [0.3, 0.4) is 0 Å². The van der Waals surface area contributed by atoms with Crippen molar-refractivity contribution in [2.75, 3.05) is 10.6 Å². The van der Waals surface area contributed by atoms with Crippen LogP contribution in [0.15, 0.2) is 60.2 Å². The summed E-state index contributed by atoms with van der Waals surface area (Å²) in [6, 6.07) is 8.51. The fourth-order valence-electron chi connectivity index (χ4n) is 2.88. The van der Waals surface area contributed by atoms with E-state index in [4.69, 9.17) is 16.1 Å². The standard InChI is InChI=1S/C22H20ClN7O2S/c1-12-8-15(4-5-16(12)23)27-13(2)18-10-24-22(33-18)14(3)28-21(31)17-9-20(26-11-25-17)29-19-6-7-32-30-19/h4-11,14,27H,2H2,1,3H3,(H,28,31)(H,25,26,29,30). The number of aryl methyl sites for hydroxylation is 1. The molecule has 4 rings (SSSR count). The topological polar surface area (TPSA) is 118 Å². The van der Waals surface area contributed by atoms with Crippen molar-refractivity contribution in [2.45, 2.75) is 19.9 Å². The van der Waals surface area contributed by atoms with Crippen LogP contribution in [-0.2, 0) is 0 Å². The quantitative estimate of drug-likeness (QED) is 0.314. The highest BCUT2D eigenvalue weighted by Gasteiger charge is 2.17. The van der Waals surface area contributed by atoms with E-state index in [1.807, 2.05) is 32.0 Å². The van der Waals surface area contributed by atoms with Crippen LogP contribution in [0, 0.1) is 6.92 Å². The Morgan fingerprint density at radius 2 is 2.03 bits per heavy atom. The molecule has 0 radical (unpaired) electrons. The fourth-order valence-corrected chi connectivity index (χ4v) is 3.84. The van der Waals surface area contributed by atoms with Crippen molar-refractivity contribution in [1.82, 2.24) is 25.4 Å². The molecule has 0 bridgehead atoms. The summed E-state index contributed by atoms with van der Waals surface area (Å²) >= 11 is 7.53. The number of nitrogens with zero attached hydrogens (tertiary/aromatic N) is 4. The van der Waals surface area contributed by atoms with Crippen LogP contribution in [0.25, 0.3) is 5.70 Å². The predicted octanol–water partition coefficient (Wildman–Crippen LogP) is 5.20. The number of nitrogens with one attached hydrogen (secondary N) is 3. The number of carbonyl (C=O) groups is 1. The lowest BCUT2D eigenvalue weighted by atomic mass is 10.2. The first-order chi connectivity index (χ1) is 15.9. The third-order valence-corrected chi connectivity index (χ3v) is 6.25. The summed E-state index contributed by atoms with van der Waals surface area (Å²) in [5.41, 5.74) is 2.78. The average molecular weight is 482 g/mol. The molecule has 168 valence electrons. The SMILES string of the molecule is C=C(Nc1ccc(Cl)c(C)c1)c1cnc(C(C)NC(=O)c2cc(Nc3ccon3)ncn2)s1. The van der Waals surface area contributed by atoms with E-state index < -0.39 is 0 Å². The van der Waals surface area contributed by atoms with E-state index in [0.29, 0.717) is 22.4 Å². The van der Waals surface area contributed by atoms with Crippen molar-refractivity contribution in [2.24, 2.45) is 0 Å². The van der Waals surface area contributed by atoms with Crippen LogP contribution in [-0.4, -0.2) is 26.0 Å². The largest absolute Gasteiger partial charge is 0.363 e. The van der Waals surface area contributed by atoms with E-state index in [9.17, 15) is 4.79 Å². The second-order valence-electron chi connectivity index (χ2n) is 7.12. The molecule has 0 aliphatic carbocycles. The maximum absolute atomic E-state index is 12.7. The van der Waals surface area contributed by atoms with Gasteiger partial charge in [-0.2, -0.15) is 0 Å². The van der Waals surface area contributed by atoms with Crippen molar-refractivity contribution in [3.05, 3.63) is 81.9 Å². The molecule has 0 aliphatic heterocycles. The zero-order valence-electron chi connectivity index (χ0n) is 17.8. The molecule has 1 aromatic carbocycles. The molecule has 1 atom stereocenters. The average Bonchev–Trinajstić information content (AvgIpc) is 3.49. The molecule has 0 saturated heterocycles. The first kappa shape index (κ1) is 22.4. The Hall–Kier alpha value is -3.76. The number of aromatic nitrogens is 4. The van der Waals surface area contributed by atoms with E-state index >= 15 is 0 Å². The van der Waals surface area contributed by atoms with Crippen molar-refractivity contribution in [1.29, 1.82) is 0 Å². The Morgan fingerprint density at radius 1 is 1.18 bits per heavy atom. The Kier molecular flexibility index (Phi) is 6.66. The first-order valence-electron chi connectivity index (χ1n) is 9.87. The molecule has 9 nitrogen and oxygen atoms in total. The molecule has 3 heterocycles. The van der Waals surface area contributed by atoms with Gasteiger partial charge in [-0.15, -0.1) is 11.3 Å². The summed E-state index contributed by atoms with van der Waals surface area (Å²) in [5, 5.41) is 14.3. The minimum absolute atomic E-state index is 0.212. The van der Waals surface area contributed by atoms with Gasteiger partial charge in [0, 0.05) is 29.0 Å². The summed E-state index contributed by atoms with van der Waals surface area (Å²) < 4.78 is 4.77. The van der Waals surface area contributed by atoms with Crippen molar-refractivity contribution >= 4 is 51.9 Å². The molecule has 4 aromatic rings. The number of thiazole rings is 1. The van der Waals surface area contributed by atoms with E-state index in [0.717, 1.165) is 21.1 Å². The molecule has 1 amide bonds. The lowest BCUT2D eigenvalue weighted by molar-refractivity contribution is 0.0934. The number of benzene rings is 1. The first-order valence-corrected chi connectivity index (χ1v) is 11.1. The fraction of sp³-hybridized carbons (Fsp3) is 0.136. The van der Waals surface area contributed by atoms with Gasteiger partial charge in [0.1, 0.15) is 29.1 Å². The van der Waals surface area contributed by atoms with Gasteiger partial charge in [-0.25, -0.2) is 15.0 Å². The van der Waals surface area contributed by atoms with Crippen LogP contribution < -0.4 is 16.0 Å². The second-order valence-corrected chi connectivity index (χ2v) is 8.59. The number of hydrogen-bond acceptors (Lipinski definition) is 9. The smallest absolute Gasteiger partial charge is 0.270 e. The number of carbonyl (C=O) groups excluding carboxylic acids is 1. The highest BCUT2D eigenvalue weighted by atomic mass is 35.5. The molecule has 3 N–H and O–H groups in total. The highest BCUT2D eigenvalue weighted by Crippen LogP contribution is 2.27. The van der Waals surface area contributed by atoms with Gasteiger partial charge < -0.3 is 20.5 Å². The summed E-state index contributed by atoms with van der Waals surface area (Å²) in [5.74, 6) is 0.554. The van der Waals surface area contributed by atoms with Gasteiger partial charge in [-0.3, -0.25) is 4.79 Å². The molecule has 3 aromatic heterocycles. The summed E-state index contributed by atoms with van der Waals surface area (Å²) in [6.07, 6.45) is 4.46. The lowest BCUT2D eigenvalue weighted by Crippen LogP contribution is -2.27. The normalized spacial score (nSPS) is 11.6. The Morgan fingerprint density at radius 3 is 2.79 bits per heavy atom. The third kappa shape index (κ3) is 5.54. The molecule has 0 fully saturated rings. The van der Waals surface area contributed by atoms with Gasteiger partial charge in [-0.05, 0) is 37.6 Å². The molecule has 0 saturated carbocycles. The molecular formula is C22H20ClN7O2S. The second kappa shape index (κ2) is 9.80. The summed E-state index contributed by atoms with van der Waals surface area (Å²) in [4.78, 5) is 26.1. The monoisotopic (exact) mass is 481 g/mol. The molecule has 0 aliphatic rings. The molecule has 1 unspecified atom stereocenters. The van der Waals surface area contributed by atoms with Gasteiger partial charge in [0.15, 0.2) is 5.82 Å². The highest BCUT2D eigenvalue weighted by molar-refractivity contribution is 7.12. The summed E-state index contributed by atoms with van der Waals surface area (Å²) in [7, 11) is 0. The minimum atomic E-state index is -0.349. The van der Waals surface area contributed by atoms with Crippen LogP contribution in [0.2, 0.25) is 5.02 Å². The Labute approximate surface area is 198 Å². The van der Waals surface area contributed by atoms with Gasteiger partial charge >= 0.3 is 0 Å². The lowest BCUT2D eigenvalue weighted by Gasteiger charge is -2.11. The van der Waals surface area contributed by atoms with Gasteiger partial charge in [0.25, 0.3) is 5.91 Å². The number of amides is 1. The number of hydrogen-bond donors (Lipinski definition) is 3. The zero-order chi connectivity index (χ0) is 23.4. The van der Waals surface area contributed by atoms with Crippen molar-refractivity contribution in [3.63, 3.8) is 0 Å². The van der Waals surface area contributed by atoms with Crippen LogP contribution in [0.1, 0.15) is 38.9 Å². The number of anilines is 3. The Bertz CT molecular complexity index is 1290. The van der Waals surface area contributed by atoms with Gasteiger partial charge in [-0.1, -0.05) is 23.3 Å². The van der Waals surface area contributed by atoms with Gasteiger partial charge in [0.2, 0.25) is 0 Å².